The third-order valence-electron chi connectivity index (χ3n) is 7.88. The number of hydrogen-bond donors (Lipinski definition) is 2. The standard InChI is InChI=1S/2C15H23N3O2/c1-6-13-9(2)10(3)14(11(4)17-13)18-8-12(7-16-5)20-15(18)19;1-6-13-9(2)10(3)14(17-11(13)4)18-8-12(7-16-5)20-15(18)19/h2*12,16H,6-8H2,1-5H3/t2*12-/m00/s1. The summed E-state index contributed by atoms with van der Waals surface area (Å²) in [5, 5.41) is 6.08. The monoisotopic (exact) mass is 554 g/mol. The van der Waals surface area contributed by atoms with Crippen LogP contribution in [0.5, 0.6) is 0 Å². The van der Waals surface area contributed by atoms with E-state index in [1.807, 2.05) is 34.9 Å². The lowest BCUT2D eigenvalue weighted by atomic mass is 10.0. The molecule has 0 radical (unpaired) electrons. The molecule has 2 aromatic heterocycles. The molecule has 0 bridgehead atoms. The Kier molecular flexibility index (Phi) is 10.5. The van der Waals surface area contributed by atoms with Gasteiger partial charge in [-0.15, -0.1) is 0 Å². The van der Waals surface area contributed by atoms with E-state index >= 15 is 0 Å². The predicted octanol–water partition coefficient (Wildman–Crippen LogP) is 4.23. The second-order valence-corrected chi connectivity index (χ2v) is 10.5. The summed E-state index contributed by atoms with van der Waals surface area (Å²) >= 11 is 0. The predicted molar refractivity (Wildman–Crippen MR) is 159 cm³/mol. The highest BCUT2D eigenvalue weighted by Gasteiger charge is 2.35. The van der Waals surface area contributed by atoms with E-state index in [0.29, 0.717) is 26.2 Å². The van der Waals surface area contributed by atoms with Gasteiger partial charge in [-0.25, -0.2) is 14.6 Å². The molecule has 40 heavy (non-hydrogen) atoms. The fourth-order valence-corrected chi connectivity index (χ4v) is 5.57. The van der Waals surface area contributed by atoms with Crippen LogP contribution in [0.25, 0.3) is 0 Å². The number of cyclic esters (lactones) is 2. The lowest BCUT2D eigenvalue weighted by molar-refractivity contribution is 0.140. The maximum atomic E-state index is 12.1. The zero-order valence-corrected chi connectivity index (χ0v) is 25.8. The van der Waals surface area contributed by atoms with Crippen LogP contribution in [0.15, 0.2) is 0 Å². The SMILES string of the molecule is CCc1c(C)nc(N2C[C@H](CNC)OC2=O)c(C)c1C.CCc1nc(C)c(N2C[C@H](CNC)OC2=O)c(C)c1C. The summed E-state index contributed by atoms with van der Waals surface area (Å²) in [6.45, 7) is 18.9. The first kappa shape index (κ1) is 31.3. The van der Waals surface area contributed by atoms with Gasteiger partial charge in [0.2, 0.25) is 0 Å². The number of carbonyl (C=O) groups is 2. The van der Waals surface area contributed by atoms with Gasteiger partial charge in [0.15, 0.2) is 0 Å². The Hall–Kier alpha value is -3.24. The minimum Gasteiger partial charge on any atom is -0.443 e. The van der Waals surface area contributed by atoms with Gasteiger partial charge in [-0.3, -0.25) is 14.8 Å². The molecule has 4 rings (SSSR count). The first-order valence-corrected chi connectivity index (χ1v) is 14.2. The Labute approximate surface area is 238 Å². The van der Waals surface area contributed by atoms with E-state index in [-0.39, 0.29) is 24.4 Å². The summed E-state index contributed by atoms with van der Waals surface area (Å²) < 4.78 is 10.7. The zero-order chi connectivity index (χ0) is 29.7. The smallest absolute Gasteiger partial charge is 0.416 e. The summed E-state index contributed by atoms with van der Waals surface area (Å²) in [5.74, 6) is 0.737. The highest BCUT2D eigenvalue weighted by atomic mass is 16.6. The van der Waals surface area contributed by atoms with Gasteiger partial charge in [0, 0.05) is 24.5 Å². The van der Waals surface area contributed by atoms with Gasteiger partial charge in [0.05, 0.1) is 24.5 Å². The van der Waals surface area contributed by atoms with Gasteiger partial charge in [0.25, 0.3) is 0 Å². The third-order valence-corrected chi connectivity index (χ3v) is 7.88. The summed E-state index contributed by atoms with van der Waals surface area (Å²) in [6.07, 6.45) is 1.07. The van der Waals surface area contributed by atoms with Crippen LogP contribution in [0.4, 0.5) is 21.1 Å². The molecule has 2 aliphatic rings. The quantitative estimate of drug-likeness (QED) is 0.499. The van der Waals surface area contributed by atoms with Crippen LogP contribution in [-0.4, -0.2) is 74.6 Å². The lowest BCUT2D eigenvalue weighted by Gasteiger charge is -2.21. The first-order valence-electron chi connectivity index (χ1n) is 14.2. The van der Waals surface area contributed by atoms with Crippen molar-refractivity contribution in [3.8, 4) is 0 Å². The third kappa shape index (κ3) is 6.39. The molecular formula is C30H46N6O4. The minimum absolute atomic E-state index is 0.0996. The fraction of sp³-hybridized carbons (Fsp3) is 0.600. The minimum atomic E-state index is -0.302. The molecular weight excluding hydrogens is 508 g/mol. The Morgan fingerprint density at radius 2 is 1.27 bits per heavy atom. The van der Waals surface area contributed by atoms with Crippen molar-refractivity contribution in [1.29, 1.82) is 0 Å². The highest BCUT2D eigenvalue weighted by molar-refractivity contribution is 5.92. The van der Waals surface area contributed by atoms with Crippen LogP contribution in [0, 0.1) is 41.5 Å². The van der Waals surface area contributed by atoms with Crippen LogP contribution >= 0.6 is 0 Å². The molecule has 2 aliphatic heterocycles. The number of anilines is 2. The second-order valence-electron chi connectivity index (χ2n) is 10.5. The van der Waals surface area contributed by atoms with Crippen LogP contribution < -0.4 is 20.4 Å². The van der Waals surface area contributed by atoms with Crippen molar-refractivity contribution < 1.29 is 19.1 Å². The molecule has 0 aromatic carbocycles. The van der Waals surface area contributed by atoms with Crippen molar-refractivity contribution in [3.63, 3.8) is 0 Å². The molecule has 2 fully saturated rings. The molecule has 220 valence electrons. The van der Waals surface area contributed by atoms with Gasteiger partial charge in [0.1, 0.15) is 18.0 Å². The van der Waals surface area contributed by atoms with Gasteiger partial charge < -0.3 is 20.1 Å². The van der Waals surface area contributed by atoms with Crippen molar-refractivity contribution in [2.45, 2.75) is 80.4 Å². The van der Waals surface area contributed by atoms with Crippen LogP contribution in [0.2, 0.25) is 0 Å². The number of nitrogens with zero attached hydrogens (tertiary/aromatic N) is 4. The number of amides is 2. The Bertz CT molecular complexity index is 1250. The molecule has 0 unspecified atom stereocenters. The lowest BCUT2D eigenvalue weighted by Crippen LogP contribution is -2.30. The number of aromatic nitrogens is 2. The Morgan fingerprint density at radius 3 is 1.80 bits per heavy atom. The first-order chi connectivity index (χ1) is 19.0. The molecule has 2 N–H and O–H groups in total. The summed E-state index contributed by atoms with van der Waals surface area (Å²) in [7, 11) is 3.71. The zero-order valence-electron chi connectivity index (χ0n) is 25.8. The van der Waals surface area contributed by atoms with E-state index in [1.54, 1.807) is 9.80 Å². The molecule has 10 heteroatoms. The fourth-order valence-electron chi connectivity index (χ4n) is 5.57. The van der Waals surface area contributed by atoms with E-state index in [0.717, 1.165) is 58.1 Å². The van der Waals surface area contributed by atoms with Crippen molar-refractivity contribution in [3.05, 3.63) is 44.9 Å². The summed E-state index contributed by atoms with van der Waals surface area (Å²) in [5.41, 5.74) is 9.74. The van der Waals surface area contributed by atoms with Gasteiger partial charge in [-0.05, 0) is 96.3 Å². The van der Waals surface area contributed by atoms with E-state index < -0.39 is 0 Å². The van der Waals surface area contributed by atoms with Gasteiger partial charge in [-0.2, -0.15) is 0 Å². The number of aryl methyl sites for hydroxylation is 3. The molecule has 0 spiro atoms. The molecule has 0 aliphatic carbocycles. The normalized spacial score (nSPS) is 18.6. The van der Waals surface area contributed by atoms with Crippen LogP contribution in [0.3, 0.4) is 0 Å². The van der Waals surface area contributed by atoms with Gasteiger partial charge >= 0.3 is 12.2 Å². The topological polar surface area (TPSA) is 109 Å². The van der Waals surface area contributed by atoms with E-state index in [9.17, 15) is 9.59 Å². The van der Waals surface area contributed by atoms with Crippen molar-refractivity contribution >= 4 is 23.7 Å². The summed E-state index contributed by atoms with van der Waals surface area (Å²) in [4.78, 5) is 36.7. The molecule has 0 saturated carbocycles. The van der Waals surface area contributed by atoms with E-state index in [4.69, 9.17) is 9.47 Å². The maximum Gasteiger partial charge on any atom is 0.416 e. The molecule has 2 aromatic rings. The average Bonchev–Trinajstić information content (AvgIpc) is 3.46. The number of hydrogen-bond acceptors (Lipinski definition) is 8. The number of pyridine rings is 2. The average molecular weight is 555 g/mol. The number of rotatable bonds is 8. The highest BCUT2D eigenvalue weighted by Crippen LogP contribution is 2.31. The van der Waals surface area contributed by atoms with Crippen LogP contribution in [0.1, 0.15) is 58.7 Å². The van der Waals surface area contributed by atoms with E-state index in [2.05, 4.69) is 55.2 Å². The maximum absolute atomic E-state index is 12.1. The van der Waals surface area contributed by atoms with Gasteiger partial charge in [-0.1, -0.05) is 13.8 Å². The largest absolute Gasteiger partial charge is 0.443 e. The molecule has 4 heterocycles. The second kappa shape index (κ2) is 13.4. The molecule has 2 amide bonds. The molecule has 10 nitrogen and oxygen atoms in total. The van der Waals surface area contributed by atoms with E-state index in [1.165, 1.54) is 11.1 Å². The van der Waals surface area contributed by atoms with Crippen LogP contribution in [-0.2, 0) is 22.3 Å². The Balaban J connectivity index is 0.000000220. The number of ether oxygens (including phenoxy) is 2. The number of likely N-dealkylation sites (N-methyl/N-ethyl adjacent to an activating group) is 2. The molecule has 2 atom stereocenters. The summed E-state index contributed by atoms with van der Waals surface area (Å²) in [6, 6.07) is 0. The number of carbonyl (C=O) groups excluding carboxylic acids is 2. The van der Waals surface area contributed by atoms with Crippen molar-refractivity contribution in [1.82, 2.24) is 20.6 Å². The number of nitrogens with one attached hydrogen (secondary N) is 2. The Morgan fingerprint density at radius 1 is 0.725 bits per heavy atom. The van der Waals surface area contributed by atoms with Crippen molar-refractivity contribution in [2.75, 3.05) is 50.1 Å². The van der Waals surface area contributed by atoms with Crippen molar-refractivity contribution in [2.24, 2.45) is 0 Å². The molecule has 2 saturated heterocycles.